The predicted molar refractivity (Wildman–Crippen MR) is 87.7 cm³/mol. The molecule has 1 aliphatic heterocycles. The number of rotatable bonds is 2. The van der Waals surface area contributed by atoms with Crippen molar-refractivity contribution in [3.8, 4) is 11.1 Å². The molecule has 1 aromatic heterocycles. The fourth-order valence-corrected chi connectivity index (χ4v) is 3.16. The number of amides is 1. The predicted octanol–water partition coefficient (Wildman–Crippen LogP) is 2.80. The first-order valence-corrected chi connectivity index (χ1v) is 8.05. The SMILES string of the molecule is CC1(C)CC(O)CCN1C(=O)c1ncc(-c2cc(F)ccc2F)cn1. The fraction of sp³-hybridized carbons (Fsp3) is 0.389. The second-order valence-electron chi connectivity index (χ2n) is 6.84. The maximum atomic E-state index is 13.8. The number of hydrogen-bond acceptors (Lipinski definition) is 4. The van der Waals surface area contributed by atoms with Crippen LogP contribution in [0.3, 0.4) is 0 Å². The Labute approximate surface area is 144 Å². The molecule has 1 unspecified atom stereocenters. The molecule has 25 heavy (non-hydrogen) atoms. The lowest BCUT2D eigenvalue weighted by Gasteiger charge is -2.43. The normalized spacial score (nSPS) is 19.7. The van der Waals surface area contributed by atoms with Crippen molar-refractivity contribution < 1.29 is 18.7 Å². The van der Waals surface area contributed by atoms with Gasteiger partial charge in [-0.1, -0.05) is 0 Å². The number of hydrogen-bond donors (Lipinski definition) is 1. The van der Waals surface area contributed by atoms with E-state index in [4.69, 9.17) is 0 Å². The van der Waals surface area contributed by atoms with E-state index in [2.05, 4.69) is 9.97 Å². The highest BCUT2D eigenvalue weighted by molar-refractivity contribution is 5.91. The fourth-order valence-electron chi connectivity index (χ4n) is 3.16. The molecule has 3 rings (SSSR count). The molecule has 1 atom stereocenters. The molecule has 1 aliphatic rings. The summed E-state index contributed by atoms with van der Waals surface area (Å²) in [5.41, 5.74) is -0.173. The average Bonchev–Trinajstić information content (AvgIpc) is 2.56. The number of aromatic nitrogens is 2. The second kappa shape index (κ2) is 6.48. The van der Waals surface area contributed by atoms with Gasteiger partial charge in [-0.05, 0) is 44.9 Å². The van der Waals surface area contributed by atoms with Crippen LogP contribution in [0.25, 0.3) is 11.1 Å². The minimum absolute atomic E-state index is 0.00924. The standard InChI is InChI=1S/C18H19F2N3O2/c1-18(2)8-13(24)5-6-23(18)17(25)16-21-9-11(10-22-16)14-7-12(19)3-4-15(14)20/h3-4,7,9-10,13,24H,5-6,8H2,1-2H3. The van der Waals surface area contributed by atoms with E-state index in [1.54, 1.807) is 4.90 Å². The summed E-state index contributed by atoms with van der Waals surface area (Å²) in [5.74, 6) is -1.51. The third-order valence-electron chi connectivity index (χ3n) is 4.48. The van der Waals surface area contributed by atoms with Crippen LogP contribution in [0.1, 0.15) is 37.3 Å². The summed E-state index contributed by atoms with van der Waals surface area (Å²) in [6.45, 7) is 4.17. The summed E-state index contributed by atoms with van der Waals surface area (Å²) < 4.78 is 27.1. The Hall–Kier alpha value is -2.41. The third kappa shape index (κ3) is 3.51. The van der Waals surface area contributed by atoms with Crippen LogP contribution in [0, 0.1) is 11.6 Å². The molecular weight excluding hydrogens is 328 g/mol. The van der Waals surface area contributed by atoms with Crippen molar-refractivity contribution in [1.82, 2.24) is 14.9 Å². The zero-order valence-corrected chi connectivity index (χ0v) is 14.0. The van der Waals surface area contributed by atoms with E-state index >= 15 is 0 Å². The topological polar surface area (TPSA) is 66.3 Å². The number of carbonyl (C=O) groups excluding carboxylic acids is 1. The van der Waals surface area contributed by atoms with Gasteiger partial charge in [0.05, 0.1) is 6.10 Å². The molecular formula is C18H19F2N3O2. The van der Waals surface area contributed by atoms with E-state index in [-0.39, 0.29) is 17.3 Å². The summed E-state index contributed by atoms with van der Waals surface area (Å²) in [5, 5.41) is 9.79. The molecule has 1 saturated heterocycles. The number of aliphatic hydroxyl groups is 1. The van der Waals surface area contributed by atoms with E-state index in [0.29, 0.717) is 24.9 Å². The molecule has 1 aromatic carbocycles. The minimum atomic E-state index is -0.588. The minimum Gasteiger partial charge on any atom is -0.393 e. The van der Waals surface area contributed by atoms with Crippen LogP contribution in [0.5, 0.6) is 0 Å². The van der Waals surface area contributed by atoms with Gasteiger partial charge in [-0.2, -0.15) is 0 Å². The van der Waals surface area contributed by atoms with Crippen LogP contribution >= 0.6 is 0 Å². The van der Waals surface area contributed by atoms with Crippen LogP contribution in [-0.2, 0) is 0 Å². The van der Waals surface area contributed by atoms with E-state index < -0.39 is 23.3 Å². The number of aliphatic hydroxyl groups excluding tert-OH is 1. The molecule has 5 nitrogen and oxygen atoms in total. The molecule has 7 heteroatoms. The van der Waals surface area contributed by atoms with Crippen molar-refractivity contribution in [3.05, 3.63) is 48.1 Å². The summed E-state index contributed by atoms with van der Waals surface area (Å²) >= 11 is 0. The van der Waals surface area contributed by atoms with E-state index in [9.17, 15) is 18.7 Å². The number of piperidine rings is 1. The Bertz CT molecular complexity index is 793. The van der Waals surface area contributed by atoms with Crippen molar-refractivity contribution in [1.29, 1.82) is 0 Å². The van der Waals surface area contributed by atoms with Gasteiger partial charge in [0.25, 0.3) is 5.91 Å². The van der Waals surface area contributed by atoms with E-state index in [0.717, 1.165) is 18.2 Å². The molecule has 1 N–H and O–H groups in total. The first kappa shape index (κ1) is 17.4. The van der Waals surface area contributed by atoms with Gasteiger partial charge in [-0.25, -0.2) is 18.7 Å². The maximum Gasteiger partial charge on any atom is 0.292 e. The highest BCUT2D eigenvalue weighted by atomic mass is 19.1. The lowest BCUT2D eigenvalue weighted by molar-refractivity contribution is 0.00252. The van der Waals surface area contributed by atoms with Crippen molar-refractivity contribution in [2.24, 2.45) is 0 Å². The van der Waals surface area contributed by atoms with Gasteiger partial charge in [0.2, 0.25) is 5.82 Å². The first-order valence-electron chi connectivity index (χ1n) is 8.05. The zero-order valence-electron chi connectivity index (χ0n) is 14.0. The maximum absolute atomic E-state index is 13.8. The summed E-state index contributed by atoms with van der Waals surface area (Å²) in [7, 11) is 0. The van der Waals surface area contributed by atoms with Crippen molar-refractivity contribution in [2.45, 2.75) is 38.3 Å². The number of halogens is 2. The Kier molecular flexibility index (Phi) is 4.51. The Morgan fingerprint density at radius 1 is 1.28 bits per heavy atom. The monoisotopic (exact) mass is 347 g/mol. The third-order valence-corrected chi connectivity index (χ3v) is 4.48. The van der Waals surface area contributed by atoms with E-state index in [1.807, 2.05) is 13.8 Å². The Morgan fingerprint density at radius 3 is 2.60 bits per heavy atom. The number of carbonyl (C=O) groups is 1. The van der Waals surface area contributed by atoms with Crippen LogP contribution in [0.15, 0.2) is 30.6 Å². The van der Waals surface area contributed by atoms with E-state index in [1.165, 1.54) is 12.4 Å². The Morgan fingerprint density at radius 2 is 1.96 bits per heavy atom. The van der Waals surface area contributed by atoms with Crippen LogP contribution in [-0.4, -0.2) is 44.1 Å². The Balaban J connectivity index is 1.85. The van der Waals surface area contributed by atoms with Crippen LogP contribution in [0.4, 0.5) is 8.78 Å². The van der Waals surface area contributed by atoms with Gasteiger partial charge in [0.15, 0.2) is 0 Å². The summed E-state index contributed by atoms with van der Waals surface area (Å²) in [6.07, 6.45) is 3.17. The number of nitrogens with zero attached hydrogens (tertiary/aromatic N) is 3. The molecule has 132 valence electrons. The highest BCUT2D eigenvalue weighted by Crippen LogP contribution is 2.29. The van der Waals surface area contributed by atoms with Gasteiger partial charge in [-0.15, -0.1) is 0 Å². The lowest BCUT2D eigenvalue weighted by atomic mass is 9.88. The average molecular weight is 347 g/mol. The molecule has 0 radical (unpaired) electrons. The van der Waals surface area contributed by atoms with Crippen LogP contribution in [0.2, 0.25) is 0 Å². The molecule has 0 bridgehead atoms. The summed E-state index contributed by atoms with van der Waals surface area (Å²) in [4.78, 5) is 22.4. The van der Waals surface area contributed by atoms with Crippen molar-refractivity contribution in [3.63, 3.8) is 0 Å². The second-order valence-corrected chi connectivity index (χ2v) is 6.84. The quantitative estimate of drug-likeness (QED) is 0.907. The van der Waals surface area contributed by atoms with Gasteiger partial charge < -0.3 is 10.0 Å². The molecule has 0 aliphatic carbocycles. The van der Waals surface area contributed by atoms with Crippen molar-refractivity contribution >= 4 is 5.91 Å². The van der Waals surface area contributed by atoms with Gasteiger partial charge in [0, 0.05) is 35.6 Å². The molecule has 2 heterocycles. The lowest BCUT2D eigenvalue weighted by Crippen LogP contribution is -2.54. The number of benzene rings is 1. The van der Waals surface area contributed by atoms with Crippen LogP contribution < -0.4 is 0 Å². The van der Waals surface area contributed by atoms with Gasteiger partial charge in [0.1, 0.15) is 11.6 Å². The van der Waals surface area contributed by atoms with Gasteiger partial charge in [-0.3, -0.25) is 4.79 Å². The largest absolute Gasteiger partial charge is 0.393 e. The van der Waals surface area contributed by atoms with Gasteiger partial charge >= 0.3 is 0 Å². The molecule has 2 aromatic rings. The number of likely N-dealkylation sites (tertiary alicyclic amines) is 1. The molecule has 1 amide bonds. The van der Waals surface area contributed by atoms with Crippen molar-refractivity contribution in [2.75, 3.05) is 6.54 Å². The molecule has 0 saturated carbocycles. The zero-order chi connectivity index (χ0) is 18.2. The summed E-state index contributed by atoms with van der Waals surface area (Å²) in [6, 6.07) is 3.13. The molecule has 0 spiro atoms. The first-order chi connectivity index (χ1) is 11.8. The smallest absolute Gasteiger partial charge is 0.292 e. The highest BCUT2D eigenvalue weighted by Gasteiger charge is 2.38. The molecule has 1 fully saturated rings.